The summed E-state index contributed by atoms with van der Waals surface area (Å²) >= 11 is 0. The highest BCUT2D eigenvalue weighted by Gasteiger charge is 2.29. The molecule has 1 aliphatic rings. The Hall–Kier alpha value is -0.570. The van der Waals surface area contributed by atoms with Crippen LogP contribution in [0.3, 0.4) is 0 Å². The van der Waals surface area contributed by atoms with E-state index in [9.17, 15) is 4.79 Å². The third-order valence-electron chi connectivity index (χ3n) is 4.10. The summed E-state index contributed by atoms with van der Waals surface area (Å²) in [4.78, 5) is 14.1. The molecule has 0 aromatic carbocycles. The fourth-order valence-corrected chi connectivity index (χ4v) is 1.88. The van der Waals surface area contributed by atoms with E-state index in [1.54, 1.807) is 0 Å². The minimum atomic E-state index is 0.1000. The number of hydrogen-bond donors (Lipinski definition) is 1. The second kappa shape index (κ2) is 5.17. The van der Waals surface area contributed by atoms with Crippen molar-refractivity contribution < 1.29 is 4.79 Å². The number of likely N-dealkylation sites (tertiary alicyclic amines) is 1. The van der Waals surface area contributed by atoms with Crippen LogP contribution in [0.1, 0.15) is 40.5 Å². The maximum absolute atomic E-state index is 12.0. The van der Waals surface area contributed by atoms with Gasteiger partial charge in [-0.3, -0.25) is 9.69 Å². The molecule has 1 N–H and O–H groups in total. The summed E-state index contributed by atoms with van der Waals surface area (Å²) in [7, 11) is 2.03. The molecule has 0 unspecified atom stereocenters. The van der Waals surface area contributed by atoms with Gasteiger partial charge in [0.15, 0.2) is 0 Å². The highest BCUT2D eigenvalue weighted by molar-refractivity contribution is 5.82. The maximum atomic E-state index is 12.0. The lowest BCUT2D eigenvalue weighted by molar-refractivity contribution is -0.125. The molecule has 0 aromatic heterocycles. The predicted molar refractivity (Wildman–Crippen MR) is 67.3 cm³/mol. The van der Waals surface area contributed by atoms with Gasteiger partial charge in [-0.25, -0.2) is 0 Å². The molecule has 0 saturated carbocycles. The first kappa shape index (κ1) is 13.5. The van der Waals surface area contributed by atoms with Gasteiger partial charge in [0.1, 0.15) is 0 Å². The van der Waals surface area contributed by atoms with E-state index in [4.69, 9.17) is 0 Å². The quantitative estimate of drug-likeness (QED) is 0.794. The van der Waals surface area contributed by atoms with Crippen LogP contribution in [0.4, 0.5) is 0 Å². The molecule has 1 heterocycles. The molecule has 3 heteroatoms. The van der Waals surface area contributed by atoms with Crippen molar-refractivity contribution in [2.75, 3.05) is 20.1 Å². The van der Waals surface area contributed by atoms with Crippen LogP contribution >= 0.6 is 0 Å². The number of nitrogens with one attached hydrogen (secondary N) is 1. The Morgan fingerprint density at radius 3 is 2.56 bits per heavy atom. The Labute approximate surface area is 99.6 Å². The van der Waals surface area contributed by atoms with E-state index in [-0.39, 0.29) is 17.4 Å². The molecule has 0 aliphatic carbocycles. The molecule has 1 atom stereocenters. The van der Waals surface area contributed by atoms with Crippen molar-refractivity contribution in [3.05, 3.63) is 0 Å². The average molecular weight is 226 g/mol. The zero-order valence-corrected chi connectivity index (χ0v) is 11.3. The number of carbonyl (C=O) groups excluding carboxylic acids is 1. The second-order valence-electron chi connectivity index (χ2n) is 6.00. The normalized spacial score (nSPS) is 22.8. The van der Waals surface area contributed by atoms with E-state index in [2.05, 4.69) is 37.9 Å². The fraction of sp³-hybridized carbons (Fsp3) is 0.923. The lowest BCUT2D eigenvalue weighted by Crippen LogP contribution is -2.45. The zero-order valence-electron chi connectivity index (χ0n) is 11.3. The molecule has 16 heavy (non-hydrogen) atoms. The molecular weight excluding hydrogens is 200 g/mol. The van der Waals surface area contributed by atoms with Crippen molar-refractivity contribution in [2.24, 2.45) is 11.3 Å². The van der Waals surface area contributed by atoms with Crippen LogP contribution in [-0.4, -0.2) is 37.0 Å². The predicted octanol–water partition coefficient (Wildman–Crippen LogP) is 1.88. The van der Waals surface area contributed by atoms with E-state index < -0.39 is 0 Å². The second-order valence-corrected chi connectivity index (χ2v) is 6.00. The Bertz CT molecular complexity index is 248. The molecule has 1 saturated heterocycles. The van der Waals surface area contributed by atoms with Crippen LogP contribution in [0.5, 0.6) is 0 Å². The van der Waals surface area contributed by atoms with Crippen molar-refractivity contribution in [2.45, 2.75) is 46.6 Å². The highest BCUT2D eigenvalue weighted by Crippen LogP contribution is 2.25. The summed E-state index contributed by atoms with van der Waals surface area (Å²) < 4.78 is 0. The Morgan fingerprint density at radius 1 is 1.50 bits per heavy atom. The monoisotopic (exact) mass is 226 g/mol. The first-order valence-electron chi connectivity index (χ1n) is 6.32. The third kappa shape index (κ3) is 3.21. The molecule has 1 rings (SSSR count). The molecule has 0 aromatic rings. The molecule has 0 bridgehead atoms. The van der Waals surface area contributed by atoms with E-state index in [0.29, 0.717) is 5.92 Å². The molecule has 1 amide bonds. The maximum Gasteiger partial charge on any atom is 0.237 e. The van der Waals surface area contributed by atoms with Gasteiger partial charge >= 0.3 is 0 Å². The molecular formula is C13H26N2O. The van der Waals surface area contributed by atoms with Gasteiger partial charge in [0.05, 0.1) is 6.04 Å². The number of carbonyl (C=O) groups is 1. The minimum Gasteiger partial charge on any atom is -0.354 e. The third-order valence-corrected chi connectivity index (χ3v) is 4.10. The van der Waals surface area contributed by atoms with Gasteiger partial charge in [-0.05, 0) is 37.8 Å². The van der Waals surface area contributed by atoms with Crippen molar-refractivity contribution in [3.8, 4) is 0 Å². The number of nitrogens with zero attached hydrogens (tertiary/aromatic N) is 1. The zero-order chi connectivity index (χ0) is 12.3. The number of likely N-dealkylation sites (N-methyl/N-ethyl adjacent to an activating group) is 1. The number of amides is 1. The van der Waals surface area contributed by atoms with Crippen LogP contribution in [-0.2, 0) is 4.79 Å². The van der Waals surface area contributed by atoms with Crippen LogP contribution in [0, 0.1) is 11.3 Å². The lowest BCUT2D eigenvalue weighted by Gasteiger charge is -2.30. The summed E-state index contributed by atoms with van der Waals surface area (Å²) in [5.74, 6) is 0.780. The van der Waals surface area contributed by atoms with E-state index >= 15 is 0 Å². The van der Waals surface area contributed by atoms with Gasteiger partial charge in [0.25, 0.3) is 0 Å². The van der Waals surface area contributed by atoms with Gasteiger partial charge in [-0.1, -0.05) is 27.7 Å². The molecule has 3 nitrogen and oxygen atoms in total. The van der Waals surface area contributed by atoms with E-state index in [1.165, 1.54) is 0 Å². The van der Waals surface area contributed by atoms with E-state index in [0.717, 1.165) is 25.9 Å². The van der Waals surface area contributed by atoms with Crippen LogP contribution in [0.15, 0.2) is 0 Å². The summed E-state index contributed by atoms with van der Waals surface area (Å²) in [5.41, 5.74) is 0.173. The summed E-state index contributed by atoms with van der Waals surface area (Å²) in [6, 6.07) is 0.1000. The summed E-state index contributed by atoms with van der Waals surface area (Å²) in [6.45, 7) is 10.6. The molecule has 0 spiro atoms. The van der Waals surface area contributed by atoms with Gasteiger partial charge in [0, 0.05) is 6.54 Å². The summed E-state index contributed by atoms with van der Waals surface area (Å²) in [6.07, 6.45) is 2.15. The SMILES string of the molecule is CC(C)C(C)(C)CNC(=O)[C@@H]1CCCN1C. The highest BCUT2D eigenvalue weighted by atomic mass is 16.2. The van der Waals surface area contributed by atoms with Gasteiger partial charge in [0.2, 0.25) is 5.91 Å². The van der Waals surface area contributed by atoms with Crippen LogP contribution in [0.25, 0.3) is 0 Å². The van der Waals surface area contributed by atoms with Crippen LogP contribution in [0.2, 0.25) is 0 Å². The minimum absolute atomic E-state index is 0.1000. The summed E-state index contributed by atoms with van der Waals surface area (Å²) in [5, 5.41) is 3.10. The largest absolute Gasteiger partial charge is 0.354 e. The number of hydrogen-bond acceptors (Lipinski definition) is 2. The topological polar surface area (TPSA) is 32.3 Å². The molecule has 1 aliphatic heterocycles. The Morgan fingerprint density at radius 2 is 2.12 bits per heavy atom. The van der Waals surface area contributed by atoms with Gasteiger partial charge < -0.3 is 5.32 Å². The Balaban J connectivity index is 2.41. The lowest BCUT2D eigenvalue weighted by atomic mass is 9.81. The van der Waals surface area contributed by atoms with Gasteiger partial charge in [-0.15, -0.1) is 0 Å². The Kier molecular flexibility index (Phi) is 4.36. The molecule has 0 radical (unpaired) electrons. The molecule has 1 fully saturated rings. The van der Waals surface area contributed by atoms with E-state index in [1.807, 2.05) is 7.05 Å². The standard InChI is InChI=1S/C13H26N2O/c1-10(2)13(3,4)9-14-12(16)11-7-6-8-15(11)5/h10-11H,6-9H2,1-5H3,(H,14,16)/t11-/m0/s1. The first-order valence-corrected chi connectivity index (χ1v) is 6.32. The smallest absolute Gasteiger partial charge is 0.237 e. The fourth-order valence-electron chi connectivity index (χ4n) is 1.88. The van der Waals surface area contributed by atoms with Crippen molar-refractivity contribution >= 4 is 5.91 Å². The van der Waals surface area contributed by atoms with Gasteiger partial charge in [-0.2, -0.15) is 0 Å². The van der Waals surface area contributed by atoms with Crippen molar-refractivity contribution in [1.29, 1.82) is 0 Å². The van der Waals surface area contributed by atoms with Crippen molar-refractivity contribution in [1.82, 2.24) is 10.2 Å². The van der Waals surface area contributed by atoms with Crippen LogP contribution < -0.4 is 5.32 Å². The number of rotatable bonds is 4. The molecule has 94 valence electrons. The van der Waals surface area contributed by atoms with Crippen molar-refractivity contribution in [3.63, 3.8) is 0 Å². The first-order chi connectivity index (χ1) is 7.34. The average Bonchev–Trinajstić information content (AvgIpc) is 2.61.